The molecule has 118 valence electrons. The molecule has 1 aromatic carbocycles. The highest BCUT2D eigenvalue weighted by atomic mass is 32.2. The van der Waals surface area contributed by atoms with Crippen LogP contribution in [0.25, 0.3) is 0 Å². The van der Waals surface area contributed by atoms with E-state index in [0.717, 1.165) is 19.1 Å². The number of rotatable bonds is 5. The third-order valence-electron chi connectivity index (χ3n) is 2.69. The summed E-state index contributed by atoms with van der Waals surface area (Å²) in [6.07, 6.45) is 0.338. The first-order valence-corrected chi connectivity index (χ1v) is 7.66. The molecule has 2 unspecified atom stereocenters. The average Bonchev–Trinajstić information content (AvgIpc) is 2.36. The molecule has 0 saturated carbocycles. The first-order chi connectivity index (χ1) is 9.43. The Morgan fingerprint density at radius 1 is 1.24 bits per heavy atom. The van der Waals surface area contributed by atoms with Crippen molar-refractivity contribution < 1.29 is 31.5 Å². The van der Waals surface area contributed by atoms with Crippen molar-refractivity contribution in [3.05, 3.63) is 35.9 Å². The number of aliphatic hydroxyl groups excluding tert-OH is 1. The molecular formula is C12H14F3NO4S. The minimum absolute atomic E-state index is 0.338. The smallest absolute Gasteiger partial charge is 0.343 e. The van der Waals surface area contributed by atoms with E-state index in [2.05, 4.69) is 0 Å². The summed E-state index contributed by atoms with van der Waals surface area (Å²) in [6, 6.07) is 5.77. The summed E-state index contributed by atoms with van der Waals surface area (Å²) in [7, 11) is -4.67. The van der Waals surface area contributed by atoms with Gasteiger partial charge in [-0.2, -0.15) is 8.78 Å². The lowest BCUT2D eigenvalue weighted by atomic mass is 9.97. The molecule has 0 radical (unpaired) electrons. The van der Waals surface area contributed by atoms with Crippen molar-refractivity contribution >= 4 is 15.7 Å². The summed E-state index contributed by atoms with van der Waals surface area (Å²) in [4.78, 5) is 11.0. The van der Waals surface area contributed by atoms with Crippen molar-refractivity contribution in [2.75, 3.05) is 6.26 Å². The van der Waals surface area contributed by atoms with Gasteiger partial charge in [0.15, 0.2) is 9.84 Å². The highest BCUT2D eigenvalue weighted by Crippen LogP contribution is 2.42. The Kier molecular flexibility index (Phi) is 4.69. The van der Waals surface area contributed by atoms with E-state index in [0.29, 0.717) is 6.26 Å². The second-order valence-electron chi connectivity index (χ2n) is 4.51. The van der Waals surface area contributed by atoms with Gasteiger partial charge < -0.3 is 10.4 Å². The molecule has 0 aliphatic heterocycles. The standard InChI is InChI=1S/C12H14F3NO4S/c1-8(17)16-12(15,9-6-4-3-5-7-9)11(13,14)10(18)21(2,19)20/h3-7,10,18H,1-2H3,(H,16,17). The largest absolute Gasteiger partial charge is 0.372 e. The minimum Gasteiger partial charge on any atom is -0.372 e. The van der Waals surface area contributed by atoms with Crippen molar-refractivity contribution in [3.63, 3.8) is 0 Å². The van der Waals surface area contributed by atoms with E-state index >= 15 is 0 Å². The van der Waals surface area contributed by atoms with Crippen LogP contribution in [0.5, 0.6) is 0 Å². The fourth-order valence-electron chi connectivity index (χ4n) is 1.70. The lowest BCUT2D eigenvalue weighted by molar-refractivity contribution is -0.197. The van der Waals surface area contributed by atoms with Crippen LogP contribution >= 0.6 is 0 Å². The van der Waals surface area contributed by atoms with E-state index in [4.69, 9.17) is 0 Å². The molecule has 9 heteroatoms. The molecule has 0 aliphatic carbocycles. The van der Waals surface area contributed by atoms with Crippen molar-refractivity contribution in [1.29, 1.82) is 0 Å². The quantitative estimate of drug-likeness (QED) is 0.790. The Hall–Kier alpha value is -1.61. The van der Waals surface area contributed by atoms with Crippen molar-refractivity contribution in [1.82, 2.24) is 5.32 Å². The number of halogens is 3. The fraction of sp³-hybridized carbons (Fsp3) is 0.417. The number of hydrogen-bond acceptors (Lipinski definition) is 4. The van der Waals surface area contributed by atoms with Crippen molar-refractivity contribution in [3.8, 4) is 0 Å². The number of carbonyl (C=O) groups excluding carboxylic acids is 1. The summed E-state index contributed by atoms with van der Waals surface area (Å²) in [5.74, 6) is -9.82. The molecule has 0 bridgehead atoms. The molecular weight excluding hydrogens is 311 g/mol. The Morgan fingerprint density at radius 2 is 1.71 bits per heavy atom. The Morgan fingerprint density at radius 3 is 2.10 bits per heavy atom. The van der Waals surface area contributed by atoms with Crippen LogP contribution in [0.1, 0.15) is 12.5 Å². The zero-order chi connectivity index (χ0) is 16.5. The average molecular weight is 325 g/mol. The van der Waals surface area contributed by atoms with Crippen molar-refractivity contribution in [2.45, 2.75) is 24.1 Å². The topological polar surface area (TPSA) is 83.5 Å². The Balaban J connectivity index is 3.48. The van der Waals surface area contributed by atoms with Gasteiger partial charge in [0.05, 0.1) is 0 Å². The lowest BCUT2D eigenvalue weighted by Gasteiger charge is -2.36. The molecule has 0 aliphatic rings. The first kappa shape index (κ1) is 17.4. The summed E-state index contributed by atoms with van der Waals surface area (Å²) in [5.41, 5.74) is -4.00. The van der Waals surface area contributed by atoms with Gasteiger partial charge in [0, 0.05) is 18.7 Å². The van der Waals surface area contributed by atoms with Crippen LogP contribution in [0.3, 0.4) is 0 Å². The van der Waals surface area contributed by atoms with Gasteiger partial charge in [-0.05, 0) is 0 Å². The molecule has 1 aromatic rings. The number of benzene rings is 1. The predicted molar refractivity (Wildman–Crippen MR) is 68.8 cm³/mol. The van der Waals surface area contributed by atoms with E-state index in [1.54, 1.807) is 0 Å². The monoisotopic (exact) mass is 325 g/mol. The van der Waals surface area contributed by atoms with Crippen molar-refractivity contribution in [2.24, 2.45) is 0 Å². The van der Waals surface area contributed by atoms with Gasteiger partial charge in [-0.3, -0.25) is 4.79 Å². The van der Waals surface area contributed by atoms with Gasteiger partial charge in [-0.1, -0.05) is 30.3 Å². The first-order valence-electron chi connectivity index (χ1n) is 5.71. The fourth-order valence-corrected chi connectivity index (χ4v) is 2.40. The molecule has 2 atom stereocenters. The molecule has 0 aromatic heterocycles. The number of sulfone groups is 1. The van der Waals surface area contributed by atoms with E-state index in [-0.39, 0.29) is 0 Å². The van der Waals surface area contributed by atoms with Gasteiger partial charge in [0.1, 0.15) is 0 Å². The third kappa shape index (κ3) is 3.35. The molecule has 21 heavy (non-hydrogen) atoms. The molecule has 0 saturated heterocycles. The SMILES string of the molecule is CC(=O)NC(F)(c1ccccc1)C(F)(F)C(O)S(C)(=O)=O. The van der Waals surface area contributed by atoms with Gasteiger partial charge in [0.25, 0.3) is 5.79 Å². The van der Waals surface area contributed by atoms with E-state index in [1.165, 1.54) is 23.5 Å². The molecule has 0 fully saturated rings. The summed E-state index contributed by atoms with van der Waals surface area (Å²) < 4.78 is 65.5. The summed E-state index contributed by atoms with van der Waals surface area (Å²) >= 11 is 0. The number of amides is 1. The van der Waals surface area contributed by atoms with Gasteiger partial charge in [-0.25, -0.2) is 12.8 Å². The Labute approximate surface area is 119 Å². The maximum Gasteiger partial charge on any atom is 0.343 e. The van der Waals surface area contributed by atoms with Crippen LogP contribution in [-0.4, -0.2) is 37.0 Å². The molecule has 0 spiro atoms. The van der Waals surface area contributed by atoms with E-state index in [9.17, 15) is 31.5 Å². The number of alkyl halides is 3. The highest BCUT2D eigenvalue weighted by molar-refractivity contribution is 7.91. The minimum atomic E-state index is -4.80. The number of nitrogens with one attached hydrogen (secondary N) is 1. The highest BCUT2D eigenvalue weighted by Gasteiger charge is 2.64. The lowest BCUT2D eigenvalue weighted by Crippen LogP contribution is -2.61. The van der Waals surface area contributed by atoms with Crippen LogP contribution in [-0.2, 0) is 20.4 Å². The van der Waals surface area contributed by atoms with E-state index in [1.807, 2.05) is 0 Å². The van der Waals surface area contributed by atoms with E-state index < -0.39 is 38.5 Å². The van der Waals surface area contributed by atoms with Crippen LogP contribution < -0.4 is 5.32 Å². The molecule has 2 N–H and O–H groups in total. The maximum absolute atomic E-state index is 14.8. The third-order valence-corrected chi connectivity index (χ3v) is 3.80. The van der Waals surface area contributed by atoms with Gasteiger partial charge in [-0.15, -0.1) is 0 Å². The number of aliphatic hydroxyl groups is 1. The maximum atomic E-state index is 14.8. The zero-order valence-electron chi connectivity index (χ0n) is 11.2. The van der Waals surface area contributed by atoms with Crippen LogP contribution in [0.15, 0.2) is 30.3 Å². The second-order valence-corrected chi connectivity index (χ2v) is 6.62. The molecule has 1 rings (SSSR count). The molecule has 5 nitrogen and oxygen atoms in total. The summed E-state index contributed by atoms with van der Waals surface area (Å²) in [6.45, 7) is 0.792. The van der Waals surface area contributed by atoms with Crippen LogP contribution in [0.2, 0.25) is 0 Å². The summed E-state index contributed by atoms with van der Waals surface area (Å²) in [5, 5.41) is 10.7. The normalized spacial score (nSPS) is 16.9. The zero-order valence-corrected chi connectivity index (χ0v) is 12.0. The second kappa shape index (κ2) is 5.64. The Bertz CT molecular complexity index is 621. The molecule has 0 heterocycles. The molecule has 1 amide bonds. The number of carbonyl (C=O) groups is 1. The predicted octanol–water partition coefficient (Wildman–Crippen LogP) is 0.943. The van der Waals surface area contributed by atoms with Gasteiger partial charge in [0.2, 0.25) is 11.3 Å². The van der Waals surface area contributed by atoms with Crippen LogP contribution in [0, 0.1) is 0 Å². The van der Waals surface area contributed by atoms with Gasteiger partial charge >= 0.3 is 5.92 Å². The number of hydrogen-bond donors (Lipinski definition) is 2. The van der Waals surface area contributed by atoms with Crippen LogP contribution in [0.4, 0.5) is 13.2 Å².